The normalized spacial score (nSPS) is 28.1. The number of aryl methyl sites for hydroxylation is 2. The number of hydrogen-bond donors (Lipinski definition) is 0. The fourth-order valence-electron chi connectivity index (χ4n) is 5.10. The molecule has 3 aliphatic rings. The van der Waals surface area contributed by atoms with Crippen LogP contribution in [0.25, 0.3) is 0 Å². The molecule has 0 radical (unpaired) electrons. The molecule has 4 nitrogen and oxygen atoms in total. The van der Waals surface area contributed by atoms with Gasteiger partial charge < -0.3 is 4.90 Å². The summed E-state index contributed by atoms with van der Waals surface area (Å²) in [7, 11) is 0. The minimum atomic E-state index is 0.661. The molecule has 3 heterocycles. The third kappa shape index (κ3) is 2.75. The third-order valence-corrected chi connectivity index (χ3v) is 6.01. The van der Waals surface area contributed by atoms with E-state index < -0.39 is 0 Å². The Balaban J connectivity index is 1.65. The Morgan fingerprint density at radius 1 is 1.00 bits per heavy atom. The molecule has 1 aliphatic carbocycles. The lowest BCUT2D eigenvalue weighted by molar-refractivity contribution is 0.158. The first-order valence-corrected chi connectivity index (χ1v) is 9.52. The van der Waals surface area contributed by atoms with E-state index in [9.17, 15) is 0 Å². The summed E-state index contributed by atoms with van der Waals surface area (Å²) in [5.41, 5.74) is 2.78. The van der Waals surface area contributed by atoms with E-state index in [4.69, 9.17) is 9.97 Å². The van der Waals surface area contributed by atoms with Crippen LogP contribution in [0.2, 0.25) is 0 Å². The average Bonchev–Trinajstić information content (AvgIpc) is 2.81. The van der Waals surface area contributed by atoms with Crippen molar-refractivity contribution in [3.63, 3.8) is 0 Å². The largest absolute Gasteiger partial charge is 0.355 e. The standard InChI is InChI=1S/C19H30N4/c1-13(2)23-15-8-9-16(23)12-22(11-10-15)19-17-6-4-5-7-18(17)20-14(3)21-19/h13,15-16H,4-12H2,1-3H3. The van der Waals surface area contributed by atoms with Gasteiger partial charge in [-0.05, 0) is 65.7 Å². The molecule has 2 fully saturated rings. The molecule has 2 atom stereocenters. The highest BCUT2D eigenvalue weighted by atomic mass is 15.3. The van der Waals surface area contributed by atoms with Gasteiger partial charge in [0.1, 0.15) is 11.6 Å². The molecule has 1 aromatic rings. The second-order valence-corrected chi connectivity index (χ2v) is 7.89. The van der Waals surface area contributed by atoms with Crippen molar-refractivity contribution in [3.8, 4) is 0 Å². The van der Waals surface area contributed by atoms with Crippen LogP contribution in [-0.4, -0.2) is 46.1 Å². The number of anilines is 1. The lowest BCUT2D eigenvalue weighted by Gasteiger charge is -2.33. The molecular weight excluding hydrogens is 284 g/mol. The summed E-state index contributed by atoms with van der Waals surface area (Å²) in [5.74, 6) is 2.22. The van der Waals surface area contributed by atoms with Gasteiger partial charge in [0, 0.05) is 42.5 Å². The van der Waals surface area contributed by atoms with Crippen LogP contribution in [0.1, 0.15) is 63.0 Å². The van der Waals surface area contributed by atoms with Crippen molar-refractivity contribution in [1.82, 2.24) is 14.9 Å². The molecule has 4 heteroatoms. The molecule has 0 N–H and O–H groups in total. The molecule has 1 aromatic heterocycles. The van der Waals surface area contributed by atoms with Crippen molar-refractivity contribution < 1.29 is 0 Å². The van der Waals surface area contributed by atoms with E-state index >= 15 is 0 Å². The Morgan fingerprint density at radius 2 is 1.78 bits per heavy atom. The molecule has 0 saturated carbocycles. The summed E-state index contributed by atoms with van der Waals surface area (Å²) in [6.45, 7) is 9.09. The van der Waals surface area contributed by atoms with E-state index in [2.05, 4.69) is 30.6 Å². The van der Waals surface area contributed by atoms with Crippen LogP contribution in [0.3, 0.4) is 0 Å². The van der Waals surface area contributed by atoms with Gasteiger partial charge in [-0.2, -0.15) is 0 Å². The predicted octanol–water partition coefficient (Wildman–Crippen LogP) is 3.12. The fourth-order valence-corrected chi connectivity index (χ4v) is 5.10. The summed E-state index contributed by atoms with van der Waals surface area (Å²) in [6, 6.07) is 2.15. The molecule has 0 amide bonds. The maximum Gasteiger partial charge on any atom is 0.135 e. The van der Waals surface area contributed by atoms with Crippen molar-refractivity contribution >= 4 is 5.82 Å². The fraction of sp³-hybridized carbons (Fsp3) is 0.789. The van der Waals surface area contributed by atoms with Gasteiger partial charge >= 0.3 is 0 Å². The molecule has 0 aromatic carbocycles. The second-order valence-electron chi connectivity index (χ2n) is 7.89. The predicted molar refractivity (Wildman–Crippen MR) is 94.0 cm³/mol. The quantitative estimate of drug-likeness (QED) is 0.839. The molecular formula is C19H30N4. The zero-order chi connectivity index (χ0) is 16.0. The van der Waals surface area contributed by atoms with Crippen molar-refractivity contribution in [2.24, 2.45) is 0 Å². The van der Waals surface area contributed by atoms with Crippen molar-refractivity contribution in [2.75, 3.05) is 18.0 Å². The van der Waals surface area contributed by atoms with Gasteiger partial charge in [0.25, 0.3) is 0 Å². The van der Waals surface area contributed by atoms with Gasteiger partial charge in [0.15, 0.2) is 0 Å². The summed E-state index contributed by atoms with van der Waals surface area (Å²) >= 11 is 0. The molecule has 126 valence electrons. The number of nitrogens with zero attached hydrogens (tertiary/aromatic N) is 4. The Morgan fingerprint density at radius 3 is 2.61 bits per heavy atom. The van der Waals surface area contributed by atoms with Gasteiger partial charge in [-0.3, -0.25) is 4.90 Å². The number of hydrogen-bond acceptors (Lipinski definition) is 4. The van der Waals surface area contributed by atoms with Gasteiger partial charge in [0.05, 0.1) is 0 Å². The van der Waals surface area contributed by atoms with Crippen LogP contribution in [0.15, 0.2) is 0 Å². The lowest BCUT2D eigenvalue weighted by atomic mass is 9.95. The van der Waals surface area contributed by atoms with Crippen LogP contribution < -0.4 is 4.90 Å². The van der Waals surface area contributed by atoms with Crippen LogP contribution in [0, 0.1) is 6.92 Å². The van der Waals surface area contributed by atoms with Crippen LogP contribution in [0.4, 0.5) is 5.82 Å². The minimum Gasteiger partial charge on any atom is -0.355 e. The van der Waals surface area contributed by atoms with Crippen LogP contribution in [0.5, 0.6) is 0 Å². The van der Waals surface area contributed by atoms with Crippen LogP contribution >= 0.6 is 0 Å². The Labute approximate surface area is 140 Å². The Bertz CT molecular complexity index is 583. The molecule has 0 spiro atoms. The average molecular weight is 314 g/mol. The molecule has 2 bridgehead atoms. The maximum atomic E-state index is 4.90. The van der Waals surface area contributed by atoms with Crippen molar-refractivity contribution in [2.45, 2.75) is 83.8 Å². The van der Waals surface area contributed by atoms with E-state index in [0.717, 1.165) is 31.4 Å². The van der Waals surface area contributed by atoms with E-state index in [-0.39, 0.29) is 0 Å². The summed E-state index contributed by atoms with van der Waals surface area (Å²) < 4.78 is 0. The monoisotopic (exact) mass is 314 g/mol. The second kappa shape index (κ2) is 6.04. The van der Waals surface area contributed by atoms with E-state index in [0.29, 0.717) is 12.1 Å². The zero-order valence-corrected chi connectivity index (χ0v) is 14.9. The summed E-state index contributed by atoms with van der Waals surface area (Å²) in [6.07, 6.45) is 8.92. The van der Waals surface area contributed by atoms with E-state index in [1.165, 1.54) is 55.6 Å². The van der Waals surface area contributed by atoms with Gasteiger partial charge in [-0.1, -0.05) is 0 Å². The zero-order valence-electron chi connectivity index (χ0n) is 14.9. The molecule has 23 heavy (non-hydrogen) atoms. The van der Waals surface area contributed by atoms with Crippen molar-refractivity contribution in [3.05, 3.63) is 17.1 Å². The Hall–Kier alpha value is -1.16. The van der Waals surface area contributed by atoms with E-state index in [1.54, 1.807) is 0 Å². The first kappa shape index (κ1) is 15.4. The first-order valence-electron chi connectivity index (χ1n) is 9.52. The SMILES string of the molecule is Cc1nc2c(c(N3CCC4CCC(C3)N4C(C)C)n1)CCCC2. The number of aromatic nitrogens is 2. The molecule has 4 rings (SSSR count). The highest BCUT2D eigenvalue weighted by Crippen LogP contribution is 2.35. The van der Waals surface area contributed by atoms with E-state index in [1.807, 2.05) is 0 Å². The summed E-state index contributed by atoms with van der Waals surface area (Å²) in [5, 5.41) is 0. The minimum absolute atomic E-state index is 0.661. The first-order chi connectivity index (χ1) is 11.1. The number of rotatable bonds is 2. The number of fused-ring (bicyclic) bond motifs is 3. The Kier molecular flexibility index (Phi) is 4.04. The maximum absolute atomic E-state index is 4.90. The van der Waals surface area contributed by atoms with Gasteiger partial charge in [-0.25, -0.2) is 9.97 Å². The topological polar surface area (TPSA) is 32.3 Å². The third-order valence-electron chi connectivity index (χ3n) is 6.01. The highest BCUT2D eigenvalue weighted by Gasteiger charge is 2.39. The van der Waals surface area contributed by atoms with Gasteiger partial charge in [-0.15, -0.1) is 0 Å². The molecule has 2 unspecified atom stereocenters. The van der Waals surface area contributed by atoms with Gasteiger partial charge in [0.2, 0.25) is 0 Å². The van der Waals surface area contributed by atoms with Crippen LogP contribution in [-0.2, 0) is 12.8 Å². The molecule has 2 aliphatic heterocycles. The highest BCUT2D eigenvalue weighted by molar-refractivity contribution is 5.51. The summed E-state index contributed by atoms with van der Waals surface area (Å²) in [4.78, 5) is 15.0. The molecule has 2 saturated heterocycles. The van der Waals surface area contributed by atoms with Crippen molar-refractivity contribution in [1.29, 1.82) is 0 Å². The lowest BCUT2D eigenvalue weighted by Crippen LogP contribution is -2.43. The smallest absolute Gasteiger partial charge is 0.135 e.